The molecule has 2 N–H and O–H groups in total. The van der Waals surface area contributed by atoms with E-state index < -0.39 is 10.8 Å². The molecule has 1 saturated heterocycles. The van der Waals surface area contributed by atoms with E-state index in [1.165, 1.54) is 0 Å². The van der Waals surface area contributed by atoms with Crippen molar-refractivity contribution in [3.05, 3.63) is 0 Å². The highest BCUT2D eigenvalue weighted by Crippen LogP contribution is 2.09. The van der Waals surface area contributed by atoms with Crippen molar-refractivity contribution >= 4 is 16.7 Å². The van der Waals surface area contributed by atoms with E-state index >= 15 is 0 Å². The Balaban J connectivity index is 2.32. The summed E-state index contributed by atoms with van der Waals surface area (Å²) in [7, 11) is -0.878. The van der Waals surface area contributed by atoms with E-state index in [2.05, 4.69) is 0 Å². The average molecular weight is 218 g/mol. The molecule has 1 fully saturated rings. The van der Waals surface area contributed by atoms with Gasteiger partial charge in [-0.1, -0.05) is 0 Å². The molecule has 1 amide bonds. The summed E-state index contributed by atoms with van der Waals surface area (Å²) in [5, 5.41) is 0. The standard InChI is InChI=1S/C9H18N2O2S/c1-14(13)6-4-9(12)11-5-2-3-8(10)7-11/h8H,2-7,10H2,1H3. The largest absolute Gasteiger partial charge is 0.341 e. The lowest BCUT2D eigenvalue weighted by Gasteiger charge is -2.30. The van der Waals surface area contributed by atoms with Crippen LogP contribution in [0.4, 0.5) is 0 Å². The van der Waals surface area contributed by atoms with Crippen LogP contribution in [0.5, 0.6) is 0 Å². The number of hydrogen-bond acceptors (Lipinski definition) is 3. The number of hydrogen-bond donors (Lipinski definition) is 1. The van der Waals surface area contributed by atoms with Gasteiger partial charge in [0, 0.05) is 48.4 Å². The van der Waals surface area contributed by atoms with Crippen LogP contribution < -0.4 is 5.73 Å². The fourth-order valence-corrected chi connectivity index (χ4v) is 2.09. The predicted molar refractivity (Wildman–Crippen MR) is 57.3 cm³/mol. The van der Waals surface area contributed by atoms with E-state index in [9.17, 15) is 9.00 Å². The summed E-state index contributed by atoms with van der Waals surface area (Å²) >= 11 is 0. The lowest BCUT2D eigenvalue weighted by atomic mass is 10.1. The minimum absolute atomic E-state index is 0.0929. The highest BCUT2D eigenvalue weighted by molar-refractivity contribution is 7.84. The zero-order chi connectivity index (χ0) is 10.6. The van der Waals surface area contributed by atoms with Crippen molar-refractivity contribution in [1.29, 1.82) is 0 Å². The zero-order valence-electron chi connectivity index (χ0n) is 8.57. The van der Waals surface area contributed by atoms with Crippen LogP contribution in [0.3, 0.4) is 0 Å². The molecular formula is C9H18N2O2S. The second kappa shape index (κ2) is 5.46. The van der Waals surface area contributed by atoms with Crippen molar-refractivity contribution in [1.82, 2.24) is 4.90 Å². The molecule has 0 aromatic carbocycles. The number of amides is 1. The fourth-order valence-electron chi connectivity index (χ4n) is 1.63. The van der Waals surface area contributed by atoms with Crippen LogP contribution in [0.25, 0.3) is 0 Å². The van der Waals surface area contributed by atoms with Crippen molar-refractivity contribution in [2.45, 2.75) is 25.3 Å². The van der Waals surface area contributed by atoms with Gasteiger partial charge in [-0.05, 0) is 12.8 Å². The van der Waals surface area contributed by atoms with Crippen LogP contribution in [0.1, 0.15) is 19.3 Å². The second-order valence-corrected chi connectivity index (χ2v) is 5.32. The summed E-state index contributed by atoms with van der Waals surface area (Å²) in [6, 6.07) is 0.125. The monoisotopic (exact) mass is 218 g/mol. The number of carbonyl (C=O) groups excluding carboxylic acids is 1. The Kier molecular flexibility index (Phi) is 4.54. The molecule has 1 aliphatic heterocycles. The molecule has 1 rings (SSSR count). The van der Waals surface area contributed by atoms with E-state index in [0.717, 1.165) is 19.4 Å². The molecular weight excluding hydrogens is 200 g/mol. The van der Waals surface area contributed by atoms with Gasteiger partial charge < -0.3 is 10.6 Å². The minimum atomic E-state index is -0.878. The molecule has 0 aromatic rings. The van der Waals surface area contributed by atoms with Crippen LogP contribution in [-0.4, -0.2) is 46.2 Å². The molecule has 2 unspecified atom stereocenters. The maximum atomic E-state index is 11.6. The Morgan fingerprint density at radius 2 is 2.36 bits per heavy atom. The molecule has 0 saturated carbocycles. The molecule has 0 aromatic heterocycles. The Morgan fingerprint density at radius 3 is 2.93 bits per heavy atom. The molecule has 2 atom stereocenters. The Bertz CT molecular complexity index is 233. The van der Waals surface area contributed by atoms with Gasteiger partial charge in [0.25, 0.3) is 0 Å². The third-order valence-electron chi connectivity index (χ3n) is 2.41. The van der Waals surface area contributed by atoms with Crippen molar-refractivity contribution in [3.8, 4) is 0 Å². The van der Waals surface area contributed by atoms with Gasteiger partial charge in [-0.15, -0.1) is 0 Å². The molecule has 1 heterocycles. The number of nitrogens with two attached hydrogens (primary N) is 1. The van der Waals surface area contributed by atoms with Crippen LogP contribution in [0.15, 0.2) is 0 Å². The first-order valence-corrected chi connectivity index (χ1v) is 6.65. The molecule has 1 aliphatic rings. The van der Waals surface area contributed by atoms with Gasteiger partial charge in [0.2, 0.25) is 5.91 Å². The van der Waals surface area contributed by atoms with Crippen molar-refractivity contribution < 1.29 is 9.00 Å². The maximum Gasteiger partial charge on any atom is 0.223 e. The van der Waals surface area contributed by atoms with Crippen LogP contribution in [0.2, 0.25) is 0 Å². The van der Waals surface area contributed by atoms with Crippen LogP contribution in [-0.2, 0) is 15.6 Å². The summed E-state index contributed by atoms with van der Waals surface area (Å²) in [4.78, 5) is 13.4. The van der Waals surface area contributed by atoms with Gasteiger partial charge >= 0.3 is 0 Å². The first kappa shape index (κ1) is 11.7. The summed E-state index contributed by atoms with van der Waals surface area (Å²) in [6.07, 6.45) is 4.00. The molecule has 0 aliphatic carbocycles. The zero-order valence-corrected chi connectivity index (χ0v) is 9.39. The van der Waals surface area contributed by atoms with Gasteiger partial charge in [0.1, 0.15) is 0 Å². The number of piperidine rings is 1. The van der Waals surface area contributed by atoms with E-state index in [0.29, 0.717) is 18.7 Å². The molecule has 14 heavy (non-hydrogen) atoms. The highest BCUT2D eigenvalue weighted by atomic mass is 32.2. The van der Waals surface area contributed by atoms with Crippen LogP contribution >= 0.6 is 0 Å². The molecule has 0 radical (unpaired) electrons. The van der Waals surface area contributed by atoms with Gasteiger partial charge in [0.05, 0.1) is 0 Å². The number of nitrogens with zero attached hydrogens (tertiary/aromatic N) is 1. The lowest BCUT2D eigenvalue weighted by molar-refractivity contribution is -0.131. The van der Waals surface area contributed by atoms with E-state index in [1.54, 1.807) is 11.2 Å². The van der Waals surface area contributed by atoms with Gasteiger partial charge in [0.15, 0.2) is 0 Å². The van der Waals surface area contributed by atoms with Crippen molar-refractivity contribution in [2.24, 2.45) is 5.73 Å². The summed E-state index contributed by atoms with van der Waals surface area (Å²) < 4.78 is 10.8. The van der Waals surface area contributed by atoms with E-state index in [-0.39, 0.29) is 11.9 Å². The molecule has 82 valence electrons. The molecule has 5 heteroatoms. The van der Waals surface area contributed by atoms with E-state index in [1.807, 2.05) is 0 Å². The normalized spacial score (nSPS) is 24.7. The fraction of sp³-hybridized carbons (Fsp3) is 0.889. The quantitative estimate of drug-likeness (QED) is 0.707. The SMILES string of the molecule is CS(=O)CCC(=O)N1CCCC(N)C1. The first-order valence-electron chi connectivity index (χ1n) is 4.93. The second-order valence-electron chi connectivity index (χ2n) is 3.77. The smallest absolute Gasteiger partial charge is 0.223 e. The number of carbonyl (C=O) groups is 1. The van der Waals surface area contributed by atoms with Gasteiger partial charge in [-0.25, -0.2) is 0 Å². The predicted octanol–water partition coefficient (Wildman–Crippen LogP) is -0.295. The van der Waals surface area contributed by atoms with Gasteiger partial charge in [-0.2, -0.15) is 0 Å². The Hall–Kier alpha value is -0.420. The first-order chi connectivity index (χ1) is 6.59. The maximum absolute atomic E-state index is 11.6. The molecule has 0 bridgehead atoms. The lowest BCUT2D eigenvalue weighted by Crippen LogP contribution is -2.45. The van der Waals surface area contributed by atoms with Crippen molar-refractivity contribution in [2.75, 3.05) is 25.1 Å². The summed E-state index contributed by atoms with van der Waals surface area (Å²) in [5.74, 6) is 0.556. The number of rotatable bonds is 3. The Morgan fingerprint density at radius 1 is 1.64 bits per heavy atom. The summed E-state index contributed by atoms with van der Waals surface area (Å²) in [5.41, 5.74) is 5.76. The minimum Gasteiger partial charge on any atom is -0.341 e. The third kappa shape index (κ3) is 3.75. The molecule has 0 spiro atoms. The van der Waals surface area contributed by atoms with Crippen LogP contribution in [0, 0.1) is 0 Å². The molecule has 4 nitrogen and oxygen atoms in total. The number of likely N-dealkylation sites (tertiary alicyclic amines) is 1. The third-order valence-corrected chi connectivity index (χ3v) is 3.19. The average Bonchev–Trinajstić information content (AvgIpc) is 2.14. The highest BCUT2D eigenvalue weighted by Gasteiger charge is 2.20. The topological polar surface area (TPSA) is 63.4 Å². The summed E-state index contributed by atoms with van der Waals surface area (Å²) in [6.45, 7) is 1.47. The van der Waals surface area contributed by atoms with E-state index in [4.69, 9.17) is 5.73 Å². The van der Waals surface area contributed by atoms with Crippen molar-refractivity contribution in [3.63, 3.8) is 0 Å². The Labute approximate surface area is 87.3 Å². The van der Waals surface area contributed by atoms with Gasteiger partial charge in [-0.3, -0.25) is 9.00 Å².